The quantitative estimate of drug-likeness (QED) is 0.436. The molecule has 6 nitrogen and oxygen atoms in total. The maximum absolute atomic E-state index is 15.0. The fourth-order valence-electron chi connectivity index (χ4n) is 4.57. The highest BCUT2D eigenvalue weighted by atomic mass is 19.1. The molecular weight excluding hydrogens is 421 g/mol. The Kier molecular flexibility index (Phi) is 5.38. The SMILES string of the molecule is COc1ccc(NC(=O)N2CCc3c([nH]c4ccccc34)[C@@H]2c2ccccc2F)c(OC)c1. The van der Waals surface area contributed by atoms with E-state index in [0.29, 0.717) is 35.7 Å². The molecule has 0 spiro atoms. The van der Waals surface area contributed by atoms with E-state index in [1.807, 2.05) is 18.2 Å². The van der Waals surface area contributed by atoms with Crippen LogP contribution in [0.2, 0.25) is 0 Å². The molecule has 1 aliphatic rings. The molecule has 5 rings (SSSR count). The van der Waals surface area contributed by atoms with E-state index in [0.717, 1.165) is 22.2 Å². The summed E-state index contributed by atoms with van der Waals surface area (Å²) in [5.41, 5.74) is 3.89. The van der Waals surface area contributed by atoms with Crippen molar-refractivity contribution in [3.05, 3.63) is 89.4 Å². The summed E-state index contributed by atoms with van der Waals surface area (Å²) < 4.78 is 25.6. The summed E-state index contributed by atoms with van der Waals surface area (Å²) in [4.78, 5) is 18.6. The Labute approximate surface area is 190 Å². The number of amides is 2. The molecule has 1 aromatic heterocycles. The fourth-order valence-corrected chi connectivity index (χ4v) is 4.57. The Balaban J connectivity index is 1.56. The molecule has 0 saturated heterocycles. The van der Waals surface area contributed by atoms with Crippen molar-refractivity contribution in [2.45, 2.75) is 12.5 Å². The van der Waals surface area contributed by atoms with Crippen LogP contribution in [-0.4, -0.2) is 36.7 Å². The summed E-state index contributed by atoms with van der Waals surface area (Å²) >= 11 is 0. The van der Waals surface area contributed by atoms with Gasteiger partial charge in [-0.1, -0.05) is 36.4 Å². The van der Waals surface area contributed by atoms with Crippen molar-refractivity contribution in [3.63, 3.8) is 0 Å². The first-order valence-electron chi connectivity index (χ1n) is 10.7. The molecule has 2 N–H and O–H groups in total. The van der Waals surface area contributed by atoms with Gasteiger partial charge in [0.2, 0.25) is 0 Å². The third kappa shape index (κ3) is 3.65. The first-order valence-corrected chi connectivity index (χ1v) is 10.7. The zero-order valence-corrected chi connectivity index (χ0v) is 18.4. The third-order valence-electron chi connectivity index (χ3n) is 6.15. The highest BCUT2D eigenvalue weighted by Crippen LogP contribution is 2.40. The molecule has 1 aliphatic heterocycles. The zero-order valence-electron chi connectivity index (χ0n) is 18.4. The predicted molar refractivity (Wildman–Crippen MR) is 126 cm³/mol. The van der Waals surface area contributed by atoms with Crippen molar-refractivity contribution < 1.29 is 18.7 Å². The number of hydrogen-bond donors (Lipinski definition) is 2. The Hall–Kier alpha value is -4.00. The number of H-pyrrole nitrogens is 1. The van der Waals surface area contributed by atoms with Gasteiger partial charge in [-0.3, -0.25) is 0 Å². The molecule has 0 fully saturated rings. The summed E-state index contributed by atoms with van der Waals surface area (Å²) in [6.07, 6.45) is 0.664. The van der Waals surface area contributed by atoms with Gasteiger partial charge in [0.05, 0.1) is 19.9 Å². The largest absolute Gasteiger partial charge is 0.497 e. The molecule has 0 aliphatic carbocycles. The molecule has 4 aromatic rings. The first-order chi connectivity index (χ1) is 16.1. The standard InChI is InChI=1S/C26H24FN3O3/c1-32-16-11-12-22(23(15-16)33-2)29-26(31)30-14-13-18-17-7-4-6-10-21(17)28-24(18)25(30)19-8-3-5-9-20(19)27/h3-12,15,25,28H,13-14H2,1-2H3,(H,29,31)/t25-/m0/s1. The van der Waals surface area contributed by atoms with Crippen LogP contribution in [-0.2, 0) is 6.42 Å². The lowest BCUT2D eigenvalue weighted by Crippen LogP contribution is -2.43. The number of aromatic amines is 1. The number of aromatic nitrogens is 1. The lowest BCUT2D eigenvalue weighted by Gasteiger charge is -2.36. The molecule has 0 unspecified atom stereocenters. The minimum absolute atomic E-state index is 0.337. The van der Waals surface area contributed by atoms with E-state index in [-0.39, 0.29) is 11.8 Å². The molecule has 0 saturated carbocycles. The van der Waals surface area contributed by atoms with Crippen LogP contribution >= 0.6 is 0 Å². The summed E-state index contributed by atoms with van der Waals surface area (Å²) in [6.45, 7) is 0.443. The zero-order chi connectivity index (χ0) is 22.9. The fraction of sp³-hybridized carbons (Fsp3) is 0.192. The van der Waals surface area contributed by atoms with E-state index in [1.54, 1.807) is 48.4 Å². The first kappa shape index (κ1) is 20.9. The Bertz CT molecular complexity index is 1330. The second-order valence-corrected chi connectivity index (χ2v) is 7.93. The number of halogens is 1. The number of hydrogen-bond acceptors (Lipinski definition) is 3. The van der Waals surface area contributed by atoms with Crippen molar-refractivity contribution in [2.75, 3.05) is 26.1 Å². The van der Waals surface area contributed by atoms with Crippen molar-refractivity contribution in [3.8, 4) is 11.5 Å². The second-order valence-electron chi connectivity index (χ2n) is 7.93. The highest BCUT2D eigenvalue weighted by Gasteiger charge is 2.36. The number of nitrogens with zero attached hydrogens (tertiary/aromatic N) is 1. The van der Waals surface area contributed by atoms with Gasteiger partial charge in [0.15, 0.2) is 0 Å². The van der Waals surface area contributed by atoms with Gasteiger partial charge in [0.25, 0.3) is 0 Å². The monoisotopic (exact) mass is 445 g/mol. The molecule has 2 amide bonds. The van der Waals surface area contributed by atoms with Crippen LogP contribution < -0.4 is 14.8 Å². The summed E-state index contributed by atoms with van der Waals surface area (Å²) in [5, 5.41) is 4.04. The number of benzene rings is 3. The van der Waals surface area contributed by atoms with Gasteiger partial charge in [-0.15, -0.1) is 0 Å². The van der Waals surface area contributed by atoms with E-state index in [1.165, 1.54) is 13.2 Å². The Morgan fingerprint density at radius 1 is 1.06 bits per heavy atom. The van der Waals surface area contributed by atoms with Crippen molar-refractivity contribution in [1.29, 1.82) is 0 Å². The third-order valence-corrected chi connectivity index (χ3v) is 6.15. The van der Waals surface area contributed by atoms with E-state index >= 15 is 0 Å². The number of rotatable bonds is 4. The van der Waals surface area contributed by atoms with Crippen molar-refractivity contribution >= 4 is 22.6 Å². The van der Waals surface area contributed by atoms with E-state index in [9.17, 15) is 9.18 Å². The number of methoxy groups -OCH3 is 2. The normalized spacial score (nSPS) is 15.2. The van der Waals surface area contributed by atoms with Gasteiger partial charge in [-0.05, 0) is 36.2 Å². The minimum atomic E-state index is -0.591. The molecule has 7 heteroatoms. The second kappa shape index (κ2) is 8.50. The van der Waals surface area contributed by atoms with Gasteiger partial charge in [0, 0.05) is 34.8 Å². The maximum Gasteiger partial charge on any atom is 0.322 e. The van der Waals surface area contributed by atoms with Gasteiger partial charge < -0.3 is 24.7 Å². The van der Waals surface area contributed by atoms with Crippen LogP contribution in [0.1, 0.15) is 22.9 Å². The molecular formula is C26H24FN3O3. The topological polar surface area (TPSA) is 66.6 Å². The van der Waals surface area contributed by atoms with Crippen LogP contribution in [0.3, 0.4) is 0 Å². The number of carbonyl (C=O) groups is 1. The van der Waals surface area contributed by atoms with Gasteiger partial charge in [0.1, 0.15) is 23.4 Å². The molecule has 33 heavy (non-hydrogen) atoms. The minimum Gasteiger partial charge on any atom is -0.497 e. The maximum atomic E-state index is 15.0. The summed E-state index contributed by atoms with van der Waals surface area (Å²) in [7, 11) is 3.10. The lowest BCUT2D eigenvalue weighted by atomic mass is 9.92. The van der Waals surface area contributed by atoms with Crippen LogP contribution in [0.5, 0.6) is 11.5 Å². The molecule has 0 radical (unpaired) electrons. The lowest BCUT2D eigenvalue weighted by molar-refractivity contribution is 0.191. The van der Waals surface area contributed by atoms with Crippen molar-refractivity contribution in [2.24, 2.45) is 0 Å². The number of para-hydroxylation sites is 1. The number of nitrogens with one attached hydrogen (secondary N) is 2. The Morgan fingerprint density at radius 2 is 1.85 bits per heavy atom. The number of ether oxygens (including phenoxy) is 2. The van der Waals surface area contributed by atoms with Gasteiger partial charge >= 0.3 is 6.03 Å². The summed E-state index contributed by atoms with van der Waals surface area (Å²) in [6, 6.07) is 18.9. The van der Waals surface area contributed by atoms with Crippen LogP contribution in [0, 0.1) is 5.82 Å². The number of urea groups is 1. The van der Waals surface area contributed by atoms with Crippen LogP contribution in [0.25, 0.3) is 10.9 Å². The predicted octanol–water partition coefficient (Wildman–Crippen LogP) is 5.50. The molecule has 2 heterocycles. The number of carbonyl (C=O) groups excluding carboxylic acids is 1. The van der Waals surface area contributed by atoms with Crippen LogP contribution in [0.4, 0.5) is 14.9 Å². The molecule has 3 aromatic carbocycles. The van der Waals surface area contributed by atoms with Crippen LogP contribution in [0.15, 0.2) is 66.7 Å². The average molecular weight is 445 g/mol. The Morgan fingerprint density at radius 3 is 2.64 bits per heavy atom. The van der Waals surface area contributed by atoms with E-state index in [4.69, 9.17) is 9.47 Å². The molecule has 0 bridgehead atoms. The highest BCUT2D eigenvalue weighted by molar-refractivity contribution is 5.93. The number of anilines is 1. The number of fused-ring (bicyclic) bond motifs is 3. The van der Waals surface area contributed by atoms with E-state index in [2.05, 4.69) is 16.4 Å². The van der Waals surface area contributed by atoms with Gasteiger partial charge in [-0.25, -0.2) is 9.18 Å². The average Bonchev–Trinajstić information content (AvgIpc) is 3.23. The summed E-state index contributed by atoms with van der Waals surface area (Å²) in [5.74, 6) is 0.747. The molecule has 168 valence electrons. The smallest absolute Gasteiger partial charge is 0.322 e. The van der Waals surface area contributed by atoms with E-state index < -0.39 is 6.04 Å². The molecule has 1 atom stereocenters. The van der Waals surface area contributed by atoms with Crippen molar-refractivity contribution in [1.82, 2.24) is 9.88 Å². The van der Waals surface area contributed by atoms with Gasteiger partial charge in [-0.2, -0.15) is 0 Å².